The molecule has 0 unspecified atom stereocenters. The van der Waals surface area contributed by atoms with E-state index in [-0.39, 0.29) is 0 Å². The van der Waals surface area contributed by atoms with E-state index < -0.39 is 0 Å². The number of methoxy groups -OCH3 is 1. The van der Waals surface area contributed by atoms with Crippen molar-refractivity contribution in [2.45, 2.75) is 13.5 Å². The Hall–Kier alpha value is -2.28. The molecule has 0 atom stereocenters. The van der Waals surface area contributed by atoms with E-state index in [0.29, 0.717) is 23.5 Å². The van der Waals surface area contributed by atoms with Crippen molar-refractivity contribution in [3.8, 4) is 5.88 Å². The van der Waals surface area contributed by atoms with Gasteiger partial charge in [0.25, 0.3) is 0 Å². The highest BCUT2D eigenvalue weighted by Crippen LogP contribution is 2.10. The molecule has 20 heavy (non-hydrogen) atoms. The molecule has 0 aliphatic rings. The molecule has 0 saturated carbocycles. The van der Waals surface area contributed by atoms with Crippen LogP contribution in [-0.2, 0) is 6.54 Å². The second kappa shape index (κ2) is 6.76. The summed E-state index contributed by atoms with van der Waals surface area (Å²) in [5, 5.41) is 6.44. The van der Waals surface area contributed by atoms with E-state index in [1.54, 1.807) is 25.6 Å². The minimum absolute atomic E-state index is 0.408. The predicted octanol–water partition coefficient (Wildman–Crippen LogP) is 1.68. The third-order valence-corrected chi connectivity index (χ3v) is 2.69. The molecule has 7 heteroatoms. The molecule has 2 aromatic heterocycles. The van der Waals surface area contributed by atoms with Crippen LogP contribution in [0.5, 0.6) is 5.88 Å². The molecule has 0 bridgehead atoms. The SMILES string of the molecule is COc1cc(C)nc(NC(=S)NCc2cccnc2)n1. The van der Waals surface area contributed by atoms with E-state index in [4.69, 9.17) is 17.0 Å². The van der Waals surface area contributed by atoms with E-state index in [9.17, 15) is 0 Å². The van der Waals surface area contributed by atoms with E-state index >= 15 is 0 Å². The summed E-state index contributed by atoms with van der Waals surface area (Å²) in [5.41, 5.74) is 1.84. The van der Waals surface area contributed by atoms with Crippen molar-refractivity contribution in [2.24, 2.45) is 0 Å². The van der Waals surface area contributed by atoms with Crippen LogP contribution in [0.2, 0.25) is 0 Å². The van der Waals surface area contributed by atoms with Crippen molar-refractivity contribution < 1.29 is 4.74 Å². The van der Waals surface area contributed by atoms with Crippen LogP contribution in [0.15, 0.2) is 30.6 Å². The van der Waals surface area contributed by atoms with Gasteiger partial charge in [-0.3, -0.25) is 4.98 Å². The molecule has 0 amide bonds. The van der Waals surface area contributed by atoms with Crippen LogP contribution in [0, 0.1) is 6.92 Å². The average molecular weight is 289 g/mol. The third kappa shape index (κ3) is 4.13. The molecule has 0 fully saturated rings. The summed E-state index contributed by atoms with van der Waals surface area (Å²) in [6, 6.07) is 5.59. The van der Waals surface area contributed by atoms with Gasteiger partial charge in [0, 0.05) is 30.7 Å². The number of hydrogen-bond acceptors (Lipinski definition) is 5. The molecular weight excluding hydrogens is 274 g/mol. The second-order valence-electron chi connectivity index (χ2n) is 4.04. The molecule has 0 aromatic carbocycles. The maximum Gasteiger partial charge on any atom is 0.232 e. The van der Waals surface area contributed by atoms with E-state index in [0.717, 1.165) is 11.3 Å². The van der Waals surface area contributed by atoms with E-state index in [1.807, 2.05) is 19.1 Å². The number of ether oxygens (including phenoxy) is 1. The monoisotopic (exact) mass is 289 g/mol. The summed E-state index contributed by atoms with van der Waals surface area (Å²) < 4.78 is 5.08. The van der Waals surface area contributed by atoms with Crippen LogP contribution in [-0.4, -0.2) is 27.2 Å². The molecule has 104 valence electrons. The summed E-state index contributed by atoms with van der Waals surface area (Å²) in [5.74, 6) is 0.903. The topological polar surface area (TPSA) is 72.0 Å². The normalized spacial score (nSPS) is 9.90. The number of aromatic nitrogens is 3. The number of pyridine rings is 1. The van der Waals surface area contributed by atoms with Gasteiger partial charge in [-0.1, -0.05) is 6.07 Å². The summed E-state index contributed by atoms with van der Waals surface area (Å²) in [4.78, 5) is 12.4. The number of nitrogens with zero attached hydrogens (tertiary/aromatic N) is 3. The lowest BCUT2D eigenvalue weighted by Gasteiger charge is -2.10. The molecule has 0 saturated heterocycles. The van der Waals surface area contributed by atoms with Crippen molar-refractivity contribution in [2.75, 3.05) is 12.4 Å². The maximum atomic E-state index is 5.19. The van der Waals surface area contributed by atoms with Gasteiger partial charge in [-0.15, -0.1) is 0 Å². The molecule has 0 radical (unpaired) electrons. The number of rotatable bonds is 4. The molecule has 2 aromatic rings. The number of aryl methyl sites for hydroxylation is 1. The van der Waals surface area contributed by atoms with Gasteiger partial charge in [0.1, 0.15) is 0 Å². The number of hydrogen-bond donors (Lipinski definition) is 2. The maximum absolute atomic E-state index is 5.19. The molecule has 2 N–H and O–H groups in total. The van der Waals surface area contributed by atoms with Crippen LogP contribution in [0.1, 0.15) is 11.3 Å². The molecule has 0 aliphatic carbocycles. The lowest BCUT2D eigenvalue weighted by atomic mass is 10.3. The van der Waals surface area contributed by atoms with Crippen molar-refractivity contribution in [1.82, 2.24) is 20.3 Å². The number of anilines is 1. The standard InChI is InChI=1S/C13H15N5OS/c1-9-6-11(19-2)17-12(16-9)18-13(20)15-8-10-4-3-5-14-7-10/h3-7H,8H2,1-2H3,(H2,15,16,17,18,20). The fourth-order valence-corrected chi connectivity index (χ4v) is 1.69. The highest BCUT2D eigenvalue weighted by atomic mass is 32.1. The van der Waals surface area contributed by atoms with Crippen LogP contribution in [0.4, 0.5) is 5.95 Å². The Morgan fingerprint density at radius 1 is 1.40 bits per heavy atom. The smallest absolute Gasteiger partial charge is 0.232 e. The first-order valence-electron chi connectivity index (χ1n) is 6.01. The first kappa shape index (κ1) is 14.1. The van der Waals surface area contributed by atoms with Gasteiger partial charge in [0.15, 0.2) is 5.11 Å². The zero-order valence-electron chi connectivity index (χ0n) is 11.3. The summed E-state index contributed by atoms with van der Waals surface area (Å²) in [7, 11) is 1.56. The van der Waals surface area contributed by atoms with E-state index in [2.05, 4.69) is 25.6 Å². The molecule has 0 aliphatic heterocycles. The highest BCUT2D eigenvalue weighted by molar-refractivity contribution is 7.80. The van der Waals surface area contributed by atoms with Crippen molar-refractivity contribution in [1.29, 1.82) is 0 Å². The van der Waals surface area contributed by atoms with Crippen molar-refractivity contribution in [3.05, 3.63) is 41.9 Å². The third-order valence-electron chi connectivity index (χ3n) is 2.44. The zero-order valence-corrected chi connectivity index (χ0v) is 12.1. The average Bonchev–Trinajstić information content (AvgIpc) is 2.45. The minimum atomic E-state index is 0.408. The summed E-state index contributed by atoms with van der Waals surface area (Å²) in [6.45, 7) is 2.45. The first-order chi connectivity index (χ1) is 9.67. The Bertz CT molecular complexity index is 591. The Kier molecular flexibility index (Phi) is 4.78. The van der Waals surface area contributed by atoms with Gasteiger partial charge in [0.2, 0.25) is 11.8 Å². The first-order valence-corrected chi connectivity index (χ1v) is 6.41. The zero-order chi connectivity index (χ0) is 14.4. The second-order valence-corrected chi connectivity index (χ2v) is 4.45. The quantitative estimate of drug-likeness (QED) is 0.830. The number of nitrogens with one attached hydrogen (secondary N) is 2. The van der Waals surface area contributed by atoms with Crippen LogP contribution >= 0.6 is 12.2 Å². The Balaban J connectivity index is 1.93. The lowest BCUT2D eigenvalue weighted by molar-refractivity contribution is 0.397. The van der Waals surface area contributed by atoms with Gasteiger partial charge in [-0.25, -0.2) is 4.98 Å². The summed E-state index contributed by atoms with van der Waals surface area (Å²) in [6.07, 6.45) is 3.51. The van der Waals surface area contributed by atoms with Gasteiger partial charge in [-0.05, 0) is 30.8 Å². The predicted molar refractivity (Wildman–Crippen MR) is 80.6 cm³/mol. The Labute approximate surface area is 122 Å². The molecular formula is C13H15N5OS. The van der Waals surface area contributed by atoms with Gasteiger partial charge in [-0.2, -0.15) is 4.98 Å². The minimum Gasteiger partial charge on any atom is -0.481 e. The van der Waals surface area contributed by atoms with Crippen LogP contribution in [0.3, 0.4) is 0 Å². The fourth-order valence-electron chi connectivity index (χ4n) is 1.53. The Morgan fingerprint density at radius 2 is 2.25 bits per heavy atom. The van der Waals surface area contributed by atoms with Gasteiger partial charge < -0.3 is 15.4 Å². The molecule has 0 spiro atoms. The number of thiocarbonyl (C=S) groups is 1. The van der Waals surface area contributed by atoms with Gasteiger partial charge >= 0.3 is 0 Å². The van der Waals surface area contributed by atoms with Crippen LogP contribution < -0.4 is 15.4 Å². The highest BCUT2D eigenvalue weighted by Gasteiger charge is 2.04. The van der Waals surface area contributed by atoms with Crippen molar-refractivity contribution in [3.63, 3.8) is 0 Å². The molecule has 2 heterocycles. The lowest BCUT2D eigenvalue weighted by Crippen LogP contribution is -2.28. The summed E-state index contributed by atoms with van der Waals surface area (Å²) >= 11 is 5.19. The van der Waals surface area contributed by atoms with Crippen molar-refractivity contribution >= 4 is 23.3 Å². The van der Waals surface area contributed by atoms with Crippen LogP contribution in [0.25, 0.3) is 0 Å². The fraction of sp³-hybridized carbons (Fsp3) is 0.231. The molecule has 2 rings (SSSR count). The largest absolute Gasteiger partial charge is 0.481 e. The van der Waals surface area contributed by atoms with Gasteiger partial charge in [0.05, 0.1) is 7.11 Å². The van der Waals surface area contributed by atoms with E-state index in [1.165, 1.54) is 0 Å². The molecule has 6 nitrogen and oxygen atoms in total. The Morgan fingerprint density at radius 3 is 2.95 bits per heavy atom.